The monoisotopic (exact) mass is 480 g/mol. The van der Waals surface area contributed by atoms with Crippen molar-refractivity contribution < 1.29 is 37.1 Å². The highest BCUT2D eigenvalue weighted by atomic mass is 19.4. The summed E-state index contributed by atoms with van der Waals surface area (Å²) in [4.78, 5) is 38.0. The lowest BCUT2D eigenvalue weighted by Crippen LogP contribution is -2.61. The average molecular weight is 480 g/mol. The van der Waals surface area contributed by atoms with Gasteiger partial charge in [0.25, 0.3) is 17.6 Å². The molecule has 12 heteroatoms. The maximum Gasteiger partial charge on any atom is 0.417 e. The van der Waals surface area contributed by atoms with Crippen molar-refractivity contribution in [3.05, 3.63) is 64.7 Å². The van der Waals surface area contributed by atoms with E-state index in [4.69, 9.17) is 5.26 Å². The van der Waals surface area contributed by atoms with Crippen LogP contribution in [0.4, 0.5) is 23.2 Å². The van der Waals surface area contributed by atoms with Gasteiger partial charge in [0.05, 0.1) is 17.7 Å². The van der Waals surface area contributed by atoms with E-state index in [9.17, 15) is 37.1 Å². The van der Waals surface area contributed by atoms with Crippen LogP contribution in [0.15, 0.2) is 30.9 Å². The molecule has 1 aromatic heterocycles. The van der Waals surface area contributed by atoms with E-state index in [1.165, 1.54) is 36.8 Å². The van der Waals surface area contributed by atoms with Gasteiger partial charge in [0.15, 0.2) is 5.54 Å². The number of rotatable bonds is 7. The molecular formula is C22H20F4N4O4. The zero-order chi connectivity index (χ0) is 26.0. The van der Waals surface area contributed by atoms with Crippen LogP contribution in [0, 0.1) is 31.0 Å². The van der Waals surface area contributed by atoms with Gasteiger partial charge in [0.2, 0.25) is 0 Å². The lowest BCUT2D eigenvalue weighted by molar-refractivity contribution is -0.192. The van der Waals surface area contributed by atoms with Gasteiger partial charge < -0.3 is 20.3 Å². The first kappa shape index (κ1) is 26.3. The fourth-order valence-corrected chi connectivity index (χ4v) is 3.32. The molecule has 0 aliphatic rings. The lowest BCUT2D eigenvalue weighted by atomic mass is 9.98. The van der Waals surface area contributed by atoms with E-state index < -0.39 is 41.7 Å². The van der Waals surface area contributed by atoms with Crippen LogP contribution in [0.5, 0.6) is 0 Å². The number of anilines is 1. The Kier molecular flexibility index (Phi) is 7.33. The second-order valence-corrected chi connectivity index (χ2v) is 7.37. The number of hydrogen-bond donors (Lipinski definition) is 3. The standard InChI is InChI=1S/C22H20F4N4O4/c1-5-21(10-31,22(24,25)26)29-20(34)18(32)16-11(2)17(30(4)12(16)3)19(33)28-14-6-7-15(23)13(8-14)9-27/h5-8,31H,1,10H2,2-4H3,(H,28,33)(H,29,34)/t21-/m1/s1. The van der Waals surface area contributed by atoms with Crippen molar-refractivity contribution in [3.8, 4) is 6.07 Å². The summed E-state index contributed by atoms with van der Waals surface area (Å²) in [6.45, 7) is 4.11. The molecule has 0 saturated heterocycles. The number of amides is 2. The van der Waals surface area contributed by atoms with Crippen molar-refractivity contribution in [1.29, 1.82) is 5.26 Å². The van der Waals surface area contributed by atoms with Gasteiger partial charge in [0, 0.05) is 18.4 Å². The summed E-state index contributed by atoms with van der Waals surface area (Å²) in [7, 11) is 1.40. The molecule has 0 spiro atoms. The maximum atomic E-state index is 13.5. The molecule has 2 rings (SSSR count). The quantitative estimate of drug-likeness (QED) is 0.243. The average Bonchev–Trinajstić information content (AvgIpc) is 2.99. The van der Waals surface area contributed by atoms with Crippen LogP contribution in [0.1, 0.15) is 37.7 Å². The molecule has 0 aliphatic heterocycles. The largest absolute Gasteiger partial charge is 0.417 e. The number of aliphatic hydroxyl groups is 1. The highest BCUT2D eigenvalue weighted by molar-refractivity contribution is 6.44. The molecule has 8 nitrogen and oxygen atoms in total. The highest BCUT2D eigenvalue weighted by Crippen LogP contribution is 2.31. The second-order valence-electron chi connectivity index (χ2n) is 7.37. The number of Topliss-reactive ketones (excluding diaryl/α,β-unsaturated/α-hetero) is 1. The number of benzene rings is 1. The first-order chi connectivity index (χ1) is 15.7. The molecule has 1 aromatic carbocycles. The van der Waals surface area contributed by atoms with Crippen molar-refractivity contribution in [2.75, 3.05) is 11.9 Å². The molecule has 0 unspecified atom stereocenters. The van der Waals surface area contributed by atoms with Gasteiger partial charge in [0.1, 0.15) is 17.6 Å². The third-order valence-electron chi connectivity index (χ3n) is 5.36. The smallest absolute Gasteiger partial charge is 0.393 e. The van der Waals surface area contributed by atoms with Gasteiger partial charge in [-0.2, -0.15) is 18.4 Å². The van der Waals surface area contributed by atoms with E-state index in [1.54, 1.807) is 6.07 Å². The van der Waals surface area contributed by atoms with Crippen LogP contribution in [0.3, 0.4) is 0 Å². The molecule has 0 aliphatic carbocycles. The zero-order valence-electron chi connectivity index (χ0n) is 18.3. The van der Waals surface area contributed by atoms with Gasteiger partial charge in [-0.25, -0.2) is 4.39 Å². The second kappa shape index (κ2) is 9.48. The number of nitriles is 1. The number of aromatic nitrogens is 1. The zero-order valence-corrected chi connectivity index (χ0v) is 18.3. The summed E-state index contributed by atoms with van der Waals surface area (Å²) in [5, 5.41) is 22.1. The van der Waals surface area contributed by atoms with Crippen molar-refractivity contribution in [3.63, 3.8) is 0 Å². The van der Waals surface area contributed by atoms with Crippen molar-refractivity contribution in [1.82, 2.24) is 9.88 Å². The number of aliphatic hydroxyl groups excluding tert-OH is 1. The number of ketones is 1. The Labute approximate surface area is 191 Å². The minimum atomic E-state index is -5.14. The number of alkyl halides is 3. The van der Waals surface area contributed by atoms with Crippen LogP contribution in [-0.2, 0) is 11.8 Å². The minimum absolute atomic E-state index is 0.000443. The number of hydrogen-bond acceptors (Lipinski definition) is 5. The SMILES string of the molecule is C=C[C@](CO)(NC(=O)C(=O)c1c(C)c(C(=O)Nc2ccc(F)c(C#N)c2)n(C)c1C)C(F)(F)F. The van der Waals surface area contributed by atoms with E-state index >= 15 is 0 Å². The third kappa shape index (κ3) is 4.55. The Morgan fingerprint density at radius 2 is 1.88 bits per heavy atom. The molecule has 0 bridgehead atoms. The maximum absolute atomic E-state index is 13.5. The molecule has 3 N–H and O–H groups in total. The summed E-state index contributed by atoms with van der Waals surface area (Å²) in [5.74, 6) is -4.58. The minimum Gasteiger partial charge on any atom is -0.393 e. The van der Waals surface area contributed by atoms with Crippen LogP contribution in [0.2, 0.25) is 0 Å². The summed E-state index contributed by atoms with van der Waals surface area (Å²) in [5.41, 5.74) is -3.76. The summed E-state index contributed by atoms with van der Waals surface area (Å²) in [6.07, 6.45) is -4.86. The summed E-state index contributed by atoms with van der Waals surface area (Å²) >= 11 is 0. The van der Waals surface area contributed by atoms with E-state index in [-0.39, 0.29) is 39.8 Å². The van der Waals surface area contributed by atoms with Crippen LogP contribution in [0.25, 0.3) is 0 Å². The van der Waals surface area contributed by atoms with Gasteiger partial charge in [-0.05, 0) is 37.6 Å². The molecule has 1 heterocycles. The van der Waals surface area contributed by atoms with Crippen molar-refractivity contribution >= 4 is 23.3 Å². The Morgan fingerprint density at radius 3 is 2.38 bits per heavy atom. The summed E-state index contributed by atoms with van der Waals surface area (Å²) < 4.78 is 54.9. The first-order valence-electron chi connectivity index (χ1n) is 9.59. The van der Waals surface area contributed by atoms with Crippen molar-refractivity contribution in [2.45, 2.75) is 25.6 Å². The molecule has 0 saturated carbocycles. The van der Waals surface area contributed by atoms with Gasteiger partial charge >= 0.3 is 6.18 Å². The molecule has 1 atom stereocenters. The number of nitrogens with zero attached hydrogens (tertiary/aromatic N) is 2. The van der Waals surface area contributed by atoms with Crippen molar-refractivity contribution in [2.24, 2.45) is 7.05 Å². The normalized spacial score (nSPS) is 12.9. The number of carbonyl (C=O) groups excluding carboxylic acids is 3. The Bertz CT molecular complexity index is 1230. The van der Waals surface area contributed by atoms with E-state index in [1.807, 2.05) is 0 Å². The lowest BCUT2D eigenvalue weighted by Gasteiger charge is -2.31. The van der Waals surface area contributed by atoms with Gasteiger partial charge in [-0.1, -0.05) is 6.08 Å². The molecule has 0 radical (unpaired) electrons. The van der Waals surface area contributed by atoms with Crippen LogP contribution in [-0.4, -0.2) is 45.6 Å². The Hall–Kier alpha value is -3.98. The summed E-state index contributed by atoms with van der Waals surface area (Å²) in [6, 6.07) is 4.91. The van der Waals surface area contributed by atoms with E-state index in [0.29, 0.717) is 0 Å². The number of nitrogens with one attached hydrogen (secondary N) is 2. The predicted molar refractivity (Wildman–Crippen MR) is 112 cm³/mol. The molecular weight excluding hydrogens is 460 g/mol. The van der Waals surface area contributed by atoms with Gasteiger partial charge in [-0.15, -0.1) is 6.58 Å². The third-order valence-corrected chi connectivity index (χ3v) is 5.36. The molecule has 2 amide bonds. The molecule has 180 valence electrons. The van der Waals surface area contributed by atoms with E-state index in [2.05, 4.69) is 11.9 Å². The molecule has 0 fully saturated rings. The molecule has 34 heavy (non-hydrogen) atoms. The predicted octanol–water partition coefficient (Wildman–Crippen LogP) is 2.68. The fraction of sp³-hybridized carbons (Fsp3) is 0.273. The highest BCUT2D eigenvalue weighted by Gasteiger charge is 2.54. The number of halogens is 4. The van der Waals surface area contributed by atoms with Crippen LogP contribution < -0.4 is 10.6 Å². The first-order valence-corrected chi connectivity index (χ1v) is 9.59. The van der Waals surface area contributed by atoms with Gasteiger partial charge in [-0.3, -0.25) is 14.4 Å². The Balaban J connectivity index is 2.42. The Morgan fingerprint density at radius 1 is 1.26 bits per heavy atom. The van der Waals surface area contributed by atoms with E-state index in [0.717, 1.165) is 12.1 Å². The fourth-order valence-electron chi connectivity index (χ4n) is 3.32. The van der Waals surface area contributed by atoms with Crippen LogP contribution >= 0.6 is 0 Å². The number of carbonyl (C=O) groups is 3. The molecule has 2 aromatic rings. The topological polar surface area (TPSA) is 124 Å².